The molecule has 1 saturated heterocycles. The van der Waals surface area contributed by atoms with Crippen molar-refractivity contribution in [2.75, 3.05) is 44.0 Å². The molecule has 0 bridgehead atoms. The third-order valence-corrected chi connectivity index (χ3v) is 6.67. The van der Waals surface area contributed by atoms with Crippen LogP contribution in [0.5, 0.6) is 5.75 Å². The molecular weight excluding hydrogens is 456 g/mol. The van der Waals surface area contributed by atoms with Crippen LogP contribution >= 0.6 is 11.8 Å². The molecule has 2 amide bonds. The van der Waals surface area contributed by atoms with Gasteiger partial charge in [0, 0.05) is 24.5 Å². The summed E-state index contributed by atoms with van der Waals surface area (Å²) in [5, 5.41) is 8.46. The van der Waals surface area contributed by atoms with Gasteiger partial charge in [0.15, 0.2) is 6.61 Å². The van der Waals surface area contributed by atoms with Gasteiger partial charge in [-0.15, -0.1) is 5.10 Å². The minimum absolute atomic E-state index is 0.0379. The van der Waals surface area contributed by atoms with Gasteiger partial charge in [-0.05, 0) is 31.0 Å². The van der Waals surface area contributed by atoms with E-state index in [9.17, 15) is 9.59 Å². The van der Waals surface area contributed by atoms with Crippen molar-refractivity contribution in [2.45, 2.75) is 37.9 Å². The number of thioether (sulfide) groups is 1. The predicted molar refractivity (Wildman–Crippen MR) is 129 cm³/mol. The van der Waals surface area contributed by atoms with Crippen molar-refractivity contribution in [2.24, 2.45) is 5.73 Å². The second-order valence-electron chi connectivity index (χ2n) is 8.15. The molecule has 1 fully saturated rings. The van der Waals surface area contributed by atoms with E-state index in [1.807, 2.05) is 19.1 Å². The first-order valence-corrected chi connectivity index (χ1v) is 12.4. The summed E-state index contributed by atoms with van der Waals surface area (Å²) in [5.41, 5.74) is 7.65. The third-order valence-electron chi connectivity index (χ3n) is 5.75. The number of rotatable bonds is 9. The molecular formula is C23H30N6O4S. The number of anilines is 1. The Morgan fingerprint density at radius 2 is 2.00 bits per heavy atom. The highest BCUT2D eigenvalue weighted by Gasteiger charge is 2.33. The maximum Gasteiger partial charge on any atom is 0.260 e. The van der Waals surface area contributed by atoms with Gasteiger partial charge in [-0.25, -0.2) is 4.68 Å². The summed E-state index contributed by atoms with van der Waals surface area (Å²) in [6.45, 7) is 6.18. The van der Waals surface area contributed by atoms with Crippen LogP contribution in [-0.4, -0.2) is 70.1 Å². The van der Waals surface area contributed by atoms with Gasteiger partial charge < -0.3 is 25.4 Å². The van der Waals surface area contributed by atoms with Crippen LogP contribution < -0.4 is 15.8 Å². The molecule has 1 unspecified atom stereocenters. The Labute approximate surface area is 202 Å². The third kappa shape index (κ3) is 5.36. The number of morpholine rings is 1. The number of allylic oxidation sites excluding steroid dienone is 1. The van der Waals surface area contributed by atoms with Crippen molar-refractivity contribution in [1.29, 1.82) is 0 Å². The smallest absolute Gasteiger partial charge is 0.260 e. The van der Waals surface area contributed by atoms with Gasteiger partial charge >= 0.3 is 0 Å². The van der Waals surface area contributed by atoms with Crippen molar-refractivity contribution in [3.63, 3.8) is 0 Å². The molecule has 34 heavy (non-hydrogen) atoms. The number of aromatic nitrogens is 3. The topological polar surface area (TPSA) is 125 Å². The van der Waals surface area contributed by atoms with Crippen molar-refractivity contribution in [3.8, 4) is 5.75 Å². The molecule has 0 spiro atoms. The highest BCUT2D eigenvalue weighted by molar-refractivity contribution is 7.99. The van der Waals surface area contributed by atoms with Gasteiger partial charge in [0.25, 0.3) is 5.91 Å². The van der Waals surface area contributed by atoms with Crippen LogP contribution in [0.25, 0.3) is 0 Å². The minimum Gasteiger partial charge on any atom is -0.484 e. The van der Waals surface area contributed by atoms with Gasteiger partial charge in [-0.2, -0.15) is 4.98 Å². The summed E-state index contributed by atoms with van der Waals surface area (Å²) >= 11 is 1.59. The van der Waals surface area contributed by atoms with E-state index in [-0.39, 0.29) is 12.5 Å². The Morgan fingerprint density at radius 3 is 2.68 bits per heavy atom. The lowest BCUT2D eigenvalue weighted by atomic mass is 9.95. The van der Waals surface area contributed by atoms with E-state index in [1.54, 1.807) is 33.5 Å². The second-order valence-corrected chi connectivity index (χ2v) is 9.21. The number of benzene rings is 1. The summed E-state index contributed by atoms with van der Waals surface area (Å²) in [7, 11) is 0. The maximum atomic E-state index is 12.4. The average Bonchev–Trinajstić information content (AvgIpc) is 3.24. The number of amides is 2. The molecule has 4 rings (SSSR count). The summed E-state index contributed by atoms with van der Waals surface area (Å²) in [6.07, 6.45) is 2.17. The van der Waals surface area contributed by atoms with E-state index in [4.69, 9.17) is 15.2 Å². The van der Waals surface area contributed by atoms with Gasteiger partial charge in [0.2, 0.25) is 17.0 Å². The SMILES string of the molecule is CCCCSc1nc2n(n1)C(c1ccc(OCC(=O)N3CCOCC3)cc1)C(C(N)=O)=C(C)N2. The fourth-order valence-corrected chi connectivity index (χ4v) is 4.84. The molecule has 2 aromatic rings. The molecule has 182 valence electrons. The lowest BCUT2D eigenvalue weighted by Gasteiger charge is -2.28. The highest BCUT2D eigenvalue weighted by atomic mass is 32.2. The lowest BCUT2D eigenvalue weighted by Crippen LogP contribution is -2.42. The second kappa shape index (κ2) is 10.9. The summed E-state index contributed by atoms with van der Waals surface area (Å²) < 4.78 is 12.7. The van der Waals surface area contributed by atoms with Crippen LogP contribution in [0.1, 0.15) is 38.3 Å². The number of ether oxygens (including phenoxy) is 2. The van der Waals surface area contributed by atoms with Crippen molar-refractivity contribution < 1.29 is 19.1 Å². The van der Waals surface area contributed by atoms with Crippen molar-refractivity contribution >= 4 is 29.5 Å². The van der Waals surface area contributed by atoms with Crippen LogP contribution in [0.15, 0.2) is 40.7 Å². The zero-order valence-corrected chi connectivity index (χ0v) is 20.3. The number of hydrogen-bond acceptors (Lipinski definition) is 8. The molecule has 2 aliphatic rings. The van der Waals surface area contributed by atoms with E-state index in [2.05, 4.69) is 22.3 Å². The fraction of sp³-hybridized carbons (Fsp3) is 0.478. The average molecular weight is 487 g/mol. The van der Waals surface area contributed by atoms with E-state index in [0.717, 1.165) is 24.2 Å². The molecule has 1 atom stereocenters. The Balaban J connectivity index is 1.52. The summed E-state index contributed by atoms with van der Waals surface area (Å²) in [6, 6.07) is 6.77. The first kappa shape index (κ1) is 24.1. The Kier molecular flexibility index (Phi) is 7.73. The molecule has 0 aliphatic carbocycles. The summed E-state index contributed by atoms with van der Waals surface area (Å²) in [5.74, 6) is 1.47. The number of fused-ring (bicyclic) bond motifs is 1. The molecule has 10 nitrogen and oxygen atoms in total. The van der Waals surface area contributed by atoms with E-state index in [1.165, 1.54) is 0 Å². The Hall–Kier alpha value is -3.05. The van der Waals surface area contributed by atoms with Crippen molar-refractivity contribution in [3.05, 3.63) is 41.1 Å². The molecule has 2 aliphatic heterocycles. The van der Waals surface area contributed by atoms with Crippen LogP contribution in [0.3, 0.4) is 0 Å². The zero-order valence-electron chi connectivity index (χ0n) is 19.5. The van der Waals surface area contributed by atoms with E-state index in [0.29, 0.717) is 54.4 Å². The number of unbranched alkanes of at least 4 members (excludes halogenated alkanes) is 1. The number of nitrogens with zero attached hydrogens (tertiary/aromatic N) is 4. The lowest BCUT2D eigenvalue weighted by molar-refractivity contribution is -0.137. The molecule has 3 N–H and O–H groups in total. The first-order chi connectivity index (χ1) is 16.5. The van der Waals surface area contributed by atoms with E-state index < -0.39 is 11.9 Å². The predicted octanol–water partition coefficient (Wildman–Crippen LogP) is 2.18. The number of carbonyl (C=O) groups excluding carboxylic acids is 2. The minimum atomic E-state index is -0.521. The molecule has 3 heterocycles. The van der Waals surface area contributed by atoms with Crippen molar-refractivity contribution in [1.82, 2.24) is 19.7 Å². The monoisotopic (exact) mass is 486 g/mol. The molecule has 0 saturated carbocycles. The van der Waals surface area contributed by atoms with E-state index >= 15 is 0 Å². The standard InChI is InChI=1S/C23H30N6O4S/c1-3-4-13-34-23-26-22-25-15(2)19(21(24)31)20(29(22)27-23)16-5-7-17(8-6-16)33-14-18(30)28-9-11-32-12-10-28/h5-8,20H,3-4,9-14H2,1-2H3,(H2,24,31)(H,25,26,27). The molecule has 1 aromatic heterocycles. The normalized spacial score (nSPS) is 17.8. The number of hydrogen-bond donors (Lipinski definition) is 2. The molecule has 1 aromatic carbocycles. The van der Waals surface area contributed by atoms with Gasteiger partial charge in [-0.3, -0.25) is 9.59 Å². The number of primary amides is 1. The number of nitrogens with two attached hydrogens (primary N) is 1. The highest BCUT2D eigenvalue weighted by Crippen LogP contribution is 2.36. The molecule has 11 heteroatoms. The number of carbonyl (C=O) groups is 2. The van der Waals surface area contributed by atoms with Crippen LogP contribution in [0.2, 0.25) is 0 Å². The van der Waals surface area contributed by atoms with Crippen LogP contribution in [0, 0.1) is 0 Å². The maximum absolute atomic E-state index is 12.4. The van der Waals surface area contributed by atoms with Gasteiger partial charge in [0.05, 0.1) is 18.8 Å². The first-order valence-electron chi connectivity index (χ1n) is 11.4. The van der Waals surface area contributed by atoms with Crippen LogP contribution in [-0.2, 0) is 14.3 Å². The Bertz CT molecular complexity index is 1060. The fourth-order valence-electron chi connectivity index (χ4n) is 3.92. The number of nitrogens with one attached hydrogen (secondary N) is 1. The summed E-state index contributed by atoms with van der Waals surface area (Å²) in [4.78, 5) is 31.0. The quantitative estimate of drug-likeness (QED) is 0.408. The largest absolute Gasteiger partial charge is 0.484 e. The van der Waals surface area contributed by atoms with Gasteiger partial charge in [-0.1, -0.05) is 37.2 Å². The Morgan fingerprint density at radius 1 is 1.26 bits per heavy atom. The molecule has 0 radical (unpaired) electrons. The van der Waals surface area contributed by atoms with Crippen LogP contribution in [0.4, 0.5) is 5.95 Å². The zero-order chi connectivity index (χ0) is 24.1. The van der Waals surface area contributed by atoms with Gasteiger partial charge in [0.1, 0.15) is 11.8 Å².